The predicted molar refractivity (Wildman–Crippen MR) is 86.2 cm³/mol. The third-order valence-corrected chi connectivity index (χ3v) is 4.43. The minimum atomic E-state index is -3.87. The van der Waals surface area contributed by atoms with Crippen molar-refractivity contribution < 1.29 is 17.9 Å². The van der Waals surface area contributed by atoms with E-state index in [1.807, 2.05) is 4.72 Å². The monoisotopic (exact) mass is 354 g/mol. The second kappa shape index (κ2) is 7.54. The highest BCUT2D eigenvalue weighted by molar-refractivity contribution is 7.89. The quantitative estimate of drug-likeness (QED) is 0.802. The van der Waals surface area contributed by atoms with Gasteiger partial charge in [0.2, 0.25) is 10.0 Å². The SMILES string of the molecule is CO[C@H](C(=O)NS(=O)(=O)Cc1ccc(Cl)nc1)c1ccccc1. The molecular weight excluding hydrogens is 340 g/mol. The number of nitrogens with one attached hydrogen (secondary N) is 1. The lowest BCUT2D eigenvalue weighted by molar-refractivity contribution is -0.129. The summed E-state index contributed by atoms with van der Waals surface area (Å²) in [5.74, 6) is -1.13. The number of rotatable bonds is 6. The molecule has 0 spiro atoms. The van der Waals surface area contributed by atoms with Gasteiger partial charge >= 0.3 is 0 Å². The smallest absolute Gasteiger partial charge is 0.267 e. The molecule has 1 aromatic carbocycles. The average molecular weight is 355 g/mol. The molecule has 1 aromatic heterocycles. The van der Waals surface area contributed by atoms with Gasteiger partial charge in [0.15, 0.2) is 6.10 Å². The van der Waals surface area contributed by atoms with Crippen molar-refractivity contribution in [3.63, 3.8) is 0 Å². The highest BCUT2D eigenvalue weighted by Crippen LogP contribution is 2.17. The Labute approximate surface area is 139 Å². The second-order valence-electron chi connectivity index (χ2n) is 4.74. The Morgan fingerprint density at radius 1 is 1.26 bits per heavy atom. The Bertz CT molecular complexity index is 764. The van der Waals surface area contributed by atoms with Crippen LogP contribution in [0.5, 0.6) is 0 Å². The summed E-state index contributed by atoms with van der Waals surface area (Å²) in [6.07, 6.45) is 0.339. The van der Waals surface area contributed by atoms with Gasteiger partial charge in [-0.05, 0) is 17.2 Å². The summed E-state index contributed by atoms with van der Waals surface area (Å²) in [4.78, 5) is 16.0. The van der Waals surface area contributed by atoms with Crippen LogP contribution >= 0.6 is 11.6 Å². The van der Waals surface area contributed by atoms with Crippen molar-refractivity contribution in [2.45, 2.75) is 11.9 Å². The number of carbonyl (C=O) groups excluding carboxylic acids is 1. The summed E-state index contributed by atoms with van der Waals surface area (Å²) in [6.45, 7) is 0. The van der Waals surface area contributed by atoms with Crippen molar-refractivity contribution in [2.75, 3.05) is 7.11 Å². The maximum atomic E-state index is 12.2. The lowest BCUT2D eigenvalue weighted by atomic mass is 10.1. The number of nitrogens with zero attached hydrogens (tertiary/aromatic N) is 1. The van der Waals surface area contributed by atoms with Crippen molar-refractivity contribution >= 4 is 27.5 Å². The predicted octanol–water partition coefficient (Wildman–Crippen LogP) is 2.07. The minimum absolute atomic E-state index is 0.263. The van der Waals surface area contributed by atoms with E-state index in [9.17, 15) is 13.2 Å². The van der Waals surface area contributed by atoms with Gasteiger partial charge in [0.1, 0.15) is 5.15 Å². The summed E-state index contributed by atoms with van der Waals surface area (Å²) in [6, 6.07) is 11.6. The molecule has 0 saturated heterocycles. The number of hydrogen-bond acceptors (Lipinski definition) is 5. The van der Waals surface area contributed by atoms with E-state index in [2.05, 4.69) is 4.98 Å². The van der Waals surface area contributed by atoms with E-state index in [0.29, 0.717) is 11.1 Å². The van der Waals surface area contributed by atoms with Crippen molar-refractivity contribution in [1.29, 1.82) is 0 Å². The summed E-state index contributed by atoms with van der Waals surface area (Å²) in [5, 5.41) is 0.263. The van der Waals surface area contributed by atoms with Crippen LogP contribution in [0.4, 0.5) is 0 Å². The van der Waals surface area contributed by atoms with Crippen molar-refractivity contribution in [3.8, 4) is 0 Å². The lowest BCUT2D eigenvalue weighted by Gasteiger charge is -2.15. The molecule has 1 heterocycles. The number of sulfonamides is 1. The molecule has 0 radical (unpaired) electrons. The zero-order chi connectivity index (χ0) is 16.9. The molecule has 0 fully saturated rings. The normalized spacial score (nSPS) is 12.6. The fourth-order valence-electron chi connectivity index (χ4n) is 1.98. The molecule has 1 atom stereocenters. The van der Waals surface area contributed by atoms with Crippen LogP contribution in [0.2, 0.25) is 5.15 Å². The Kier molecular flexibility index (Phi) is 5.70. The van der Waals surface area contributed by atoms with E-state index in [4.69, 9.17) is 16.3 Å². The molecule has 0 aliphatic carbocycles. The number of halogens is 1. The molecule has 1 amide bonds. The van der Waals surface area contributed by atoms with Crippen molar-refractivity contribution in [1.82, 2.24) is 9.71 Å². The zero-order valence-electron chi connectivity index (χ0n) is 12.3. The number of benzene rings is 1. The van der Waals surface area contributed by atoms with E-state index in [1.54, 1.807) is 30.3 Å². The van der Waals surface area contributed by atoms with Crippen molar-refractivity contribution in [3.05, 3.63) is 64.9 Å². The number of pyridine rings is 1. The van der Waals surface area contributed by atoms with E-state index < -0.39 is 22.0 Å². The molecule has 0 aliphatic rings. The topological polar surface area (TPSA) is 85.4 Å². The van der Waals surface area contributed by atoms with E-state index in [-0.39, 0.29) is 10.9 Å². The number of hydrogen-bond donors (Lipinski definition) is 1. The van der Waals surface area contributed by atoms with Gasteiger partial charge in [-0.3, -0.25) is 9.52 Å². The molecule has 8 heteroatoms. The Morgan fingerprint density at radius 3 is 2.52 bits per heavy atom. The summed E-state index contributed by atoms with van der Waals surface area (Å²) in [7, 11) is -2.53. The van der Waals surface area contributed by atoms with Crippen LogP contribution in [0.15, 0.2) is 48.7 Å². The largest absolute Gasteiger partial charge is 0.367 e. The first-order valence-corrected chi connectivity index (χ1v) is 8.67. The van der Waals surface area contributed by atoms with Gasteiger partial charge in [-0.25, -0.2) is 13.4 Å². The van der Waals surface area contributed by atoms with Gasteiger partial charge < -0.3 is 4.74 Å². The first-order chi connectivity index (χ1) is 10.9. The Balaban J connectivity index is 2.09. The number of amides is 1. The van der Waals surface area contributed by atoms with Gasteiger partial charge in [-0.2, -0.15) is 0 Å². The molecular formula is C15H15ClN2O4S. The maximum absolute atomic E-state index is 12.2. The first-order valence-electron chi connectivity index (χ1n) is 6.64. The minimum Gasteiger partial charge on any atom is -0.367 e. The average Bonchev–Trinajstić information content (AvgIpc) is 2.50. The van der Waals surface area contributed by atoms with Gasteiger partial charge in [0, 0.05) is 13.3 Å². The number of ether oxygens (including phenoxy) is 1. The van der Waals surface area contributed by atoms with E-state index in [0.717, 1.165) is 0 Å². The molecule has 1 N–H and O–H groups in total. The highest BCUT2D eigenvalue weighted by Gasteiger charge is 2.24. The highest BCUT2D eigenvalue weighted by atomic mass is 35.5. The summed E-state index contributed by atoms with van der Waals surface area (Å²) >= 11 is 5.65. The van der Waals surface area contributed by atoms with Crippen LogP contribution in [0.25, 0.3) is 0 Å². The zero-order valence-corrected chi connectivity index (χ0v) is 13.8. The molecule has 6 nitrogen and oxygen atoms in total. The summed E-state index contributed by atoms with van der Waals surface area (Å²) < 4.78 is 31.3. The number of methoxy groups -OCH3 is 1. The van der Waals surface area contributed by atoms with Crippen molar-refractivity contribution in [2.24, 2.45) is 0 Å². The number of carbonyl (C=O) groups is 1. The van der Waals surface area contributed by atoms with Crippen LogP contribution in [-0.2, 0) is 25.3 Å². The van der Waals surface area contributed by atoms with Crippen LogP contribution in [0.3, 0.4) is 0 Å². The molecule has 23 heavy (non-hydrogen) atoms. The fourth-order valence-corrected chi connectivity index (χ4v) is 3.18. The third kappa shape index (κ3) is 5.02. The maximum Gasteiger partial charge on any atom is 0.267 e. The van der Waals surface area contributed by atoms with Crippen LogP contribution in [0.1, 0.15) is 17.2 Å². The van der Waals surface area contributed by atoms with Gasteiger partial charge in [-0.1, -0.05) is 48.0 Å². The third-order valence-electron chi connectivity index (χ3n) is 2.98. The first kappa shape index (κ1) is 17.4. The molecule has 0 saturated carbocycles. The van der Waals surface area contributed by atoms with Crippen LogP contribution in [-0.4, -0.2) is 26.4 Å². The number of aromatic nitrogens is 1. The lowest BCUT2D eigenvalue weighted by Crippen LogP contribution is -2.36. The Hall–Kier alpha value is -1.96. The van der Waals surface area contributed by atoms with E-state index in [1.165, 1.54) is 25.4 Å². The molecule has 2 rings (SSSR count). The van der Waals surface area contributed by atoms with E-state index >= 15 is 0 Å². The summed E-state index contributed by atoms with van der Waals surface area (Å²) in [5.41, 5.74) is 0.985. The second-order valence-corrected chi connectivity index (χ2v) is 6.85. The van der Waals surface area contributed by atoms with Gasteiger partial charge in [0.25, 0.3) is 5.91 Å². The molecule has 0 aliphatic heterocycles. The molecule has 0 unspecified atom stereocenters. The van der Waals surface area contributed by atoms with Gasteiger partial charge in [0.05, 0.1) is 5.75 Å². The van der Waals surface area contributed by atoms with Gasteiger partial charge in [-0.15, -0.1) is 0 Å². The van der Waals surface area contributed by atoms with Crippen LogP contribution < -0.4 is 4.72 Å². The standard InChI is InChI=1S/C15H15ClN2O4S/c1-22-14(12-5-3-2-4-6-12)15(19)18-23(20,21)10-11-7-8-13(16)17-9-11/h2-9,14H,10H2,1H3,(H,18,19)/t14-/m0/s1. The molecule has 2 aromatic rings. The van der Waals surface area contributed by atoms with Crippen LogP contribution in [0, 0.1) is 0 Å². The molecule has 0 bridgehead atoms. The fraction of sp³-hybridized carbons (Fsp3) is 0.200. The Morgan fingerprint density at radius 2 is 1.96 bits per heavy atom. The molecule has 122 valence electrons.